The molecule has 0 radical (unpaired) electrons. The van der Waals surface area contributed by atoms with Crippen molar-refractivity contribution in [1.82, 2.24) is 15.1 Å². The topological polar surface area (TPSA) is 125 Å². The third kappa shape index (κ3) is 5.56. The van der Waals surface area contributed by atoms with Gasteiger partial charge in [0.1, 0.15) is 6.54 Å². The van der Waals surface area contributed by atoms with Gasteiger partial charge >= 0.3 is 12.0 Å². The van der Waals surface area contributed by atoms with E-state index >= 15 is 0 Å². The second-order valence-electron chi connectivity index (χ2n) is 7.29. The number of likely N-dealkylation sites (N-methyl/N-ethyl adjacent to an activating group) is 1. The lowest BCUT2D eigenvalue weighted by atomic mass is 10.1. The summed E-state index contributed by atoms with van der Waals surface area (Å²) in [6.45, 7) is -0.349. The number of hydrogen-bond acceptors (Lipinski definition) is 6. The van der Waals surface area contributed by atoms with Crippen molar-refractivity contribution in [3.05, 3.63) is 29.8 Å². The van der Waals surface area contributed by atoms with Gasteiger partial charge in [0.2, 0.25) is 5.91 Å². The van der Waals surface area contributed by atoms with Crippen LogP contribution in [0.25, 0.3) is 0 Å². The highest BCUT2D eigenvalue weighted by atomic mass is 16.5. The van der Waals surface area contributed by atoms with Crippen LogP contribution >= 0.6 is 0 Å². The molecule has 1 aliphatic carbocycles. The minimum Gasteiger partial charge on any atom is -0.456 e. The molecule has 30 heavy (non-hydrogen) atoms. The molecule has 0 atom stereocenters. The first-order valence-electron chi connectivity index (χ1n) is 9.76. The maximum absolute atomic E-state index is 12.3. The van der Waals surface area contributed by atoms with Gasteiger partial charge in [-0.25, -0.2) is 4.79 Å². The fourth-order valence-electron chi connectivity index (χ4n) is 2.96. The molecule has 2 fully saturated rings. The summed E-state index contributed by atoms with van der Waals surface area (Å²) in [6, 6.07) is 6.39. The summed E-state index contributed by atoms with van der Waals surface area (Å²) in [5.41, 5.74) is 0.681. The zero-order chi connectivity index (χ0) is 21.7. The number of anilines is 1. The SMILES string of the molecule is CN1CC(=O)N(CCCC(=O)OCC(=O)Nc2ccccc2C(=O)NC2CC2)C1=O. The van der Waals surface area contributed by atoms with Crippen LogP contribution in [0.1, 0.15) is 36.0 Å². The molecule has 3 rings (SSSR count). The summed E-state index contributed by atoms with van der Waals surface area (Å²) in [5.74, 6) is -1.75. The van der Waals surface area contributed by atoms with Gasteiger partial charge < -0.3 is 20.3 Å². The van der Waals surface area contributed by atoms with Gasteiger partial charge in [-0.05, 0) is 31.4 Å². The molecular formula is C20H24N4O6. The smallest absolute Gasteiger partial charge is 0.326 e. The van der Waals surface area contributed by atoms with Gasteiger partial charge in [-0.15, -0.1) is 0 Å². The molecule has 1 aliphatic heterocycles. The van der Waals surface area contributed by atoms with Crippen molar-refractivity contribution < 1.29 is 28.7 Å². The highest BCUT2D eigenvalue weighted by molar-refractivity contribution is 6.04. The molecule has 1 aromatic carbocycles. The Hall–Kier alpha value is -3.43. The summed E-state index contributed by atoms with van der Waals surface area (Å²) in [7, 11) is 1.53. The van der Waals surface area contributed by atoms with Crippen molar-refractivity contribution in [2.75, 3.05) is 32.1 Å². The van der Waals surface area contributed by atoms with Crippen molar-refractivity contribution in [3.63, 3.8) is 0 Å². The Bertz CT molecular complexity index is 867. The van der Waals surface area contributed by atoms with Crippen LogP contribution in [0.4, 0.5) is 10.5 Å². The lowest BCUT2D eigenvalue weighted by molar-refractivity contribution is -0.147. The Labute approximate surface area is 173 Å². The lowest BCUT2D eigenvalue weighted by Gasteiger charge is -2.13. The third-order valence-electron chi connectivity index (χ3n) is 4.72. The van der Waals surface area contributed by atoms with Gasteiger partial charge in [0.15, 0.2) is 6.61 Å². The van der Waals surface area contributed by atoms with Crippen LogP contribution in [0.15, 0.2) is 24.3 Å². The van der Waals surface area contributed by atoms with Gasteiger partial charge in [-0.1, -0.05) is 12.1 Å². The number of rotatable bonds is 9. The molecule has 0 bridgehead atoms. The third-order valence-corrected chi connectivity index (χ3v) is 4.72. The van der Waals surface area contributed by atoms with Crippen molar-refractivity contribution in [2.24, 2.45) is 0 Å². The summed E-state index contributed by atoms with van der Waals surface area (Å²) >= 11 is 0. The second kappa shape index (κ2) is 9.38. The number of urea groups is 1. The lowest BCUT2D eigenvalue weighted by Crippen LogP contribution is -2.32. The first-order valence-corrected chi connectivity index (χ1v) is 9.76. The van der Waals surface area contributed by atoms with E-state index in [1.54, 1.807) is 24.3 Å². The van der Waals surface area contributed by atoms with Crippen molar-refractivity contribution in [2.45, 2.75) is 31.7 Å². The minimum absolute atomic E-state index is 0.0314. The van der Waals surface area contributed by atoms with Crippen LogP contribution in [-0.4, -0.2) is 72.3 Å². The number of carbonyl (C=O) groups is 5. The van der Waals surface area contributed by atoms with Gasteiger partial charge in [-0.2, -0.15) is 0 Å². The van der Waals surface area contributed by atoms with Crippen LogP contribution in [0.5, 0.6) is 0 Å². The maximum Gasteiger partial charge on any atom is 0.326 e. The van der Waals surface area contributed by atoms with Crippen LogP contribution in [0.3, 0.4) is 0 Å². The largest absolute Gasteiger partial charge is 0.456 e. The van der Waals surface area contributed by atoms with Crippen LogP contribution in [0, 0.1) is 0 Å². The number of hydrogen-bond donors (Lipinski definition) is 2. The van der Waals surface area contributed by atoms with E-state index in [9.17, 15) is 24.0 Å². The normalized spacial score (nSPS) is 15.9. The second-order valence-corrected chi connectivity index (χ2v) is 7.29. The number of benzene rings is 1. The number of ether oxygens (including phenoxy) is 1. The molecule has 0 aromatic heterocycles. The predicted octanol–water partition coefficient (Wildman–Crippen LogP) is 0.735. The summed E-state index contributed by atoms with van der Waals surface area (Å²) in [6.07, 6.45) is 2.12. The molecule has 1 saturated heterocycles. The number of imide groups is 1. The molecule has 160 valence electrons. The van der Waals surface area contributed by atoms with Gasteiger partial charge in [0.25, 0.3) is 11.8 Å². The number of nitrogens with zero attached hydrogens (tertiary/aromatic N) is 2. The van der Waals surface area contributed by atoms with E-state index in [0.717, 1.165) is 17.7 Å². The standard InChI is InChI=1S/C20H24N4O6/c1-23-11-17(26)24(20(23)29)10-4-7-18(27)30-12-16(25)22-15-6-3-2-5-14(15)19(28)21-13-8-9-13/h2-3,5-6,13H,4,7-12H2,1H3,(H,21,28)(H,22,25). The molecule has 10 heteroatoms. The zero-order valence-electron chi connectivity index (χ0n) is 16.7. The molecule has 1 aromatic rings. The Kier molecular flexibility index (Phi) is 6.65. The monoisotopic (exact) mass is 416 g/mol. The van der Waals surface area contributed by atoms with Crippen LogP contribution in [0.2, 0.25) is 0 Å². The number of nitrogens with one attached hydrogen (secondary N) is 2. The Morgan fingerprint density at radius 3 is 2.57 bits per heavy atom. The fourth-order valence-corrected chi connectivity index (χ4v) is 2.96. The van der Waals surface area contributed by atoms with E-state index in [1.165, 1.54) is 11.9 Å². The first kappa shape index (κ1) is 21.3. The summed E-state index contributed by atoms with van der Waals surface area (Å²) < 4.78 is 4.94. The number of para-hydroxylation sites is 1. The van der Waals surface area contributed by atoms with E-state index in [0.29, 0.717) is 11.3 Å². The predicted molar refractivity (Wildman–Crippen MR) is 105 cm³/mol. The van der Waals surface area contributed by atoms with E-state index in [-0.39, 0.29) is 43.8 Å². The van der Waals surface area contributed by atoms with Crippen molar-refractivity contribution >= 4 is 35.4 Å². The van der Waals surface area contributed by atoms with Crippen LogP contribution < -0.4 is 10.6 Å². The van der Waals surface area contributed by atoms with Crippen molar-refractivity contribution in [1.29, 1.82) is 0 Å². The molecular weight excluding hydrogens is 392 g/mol. The molecule has 0 spiro atoms. The number of amides is 5. The van der Waals surface area contributed by atoms with E-state index in [4.69, 9.17) is 4.74 Å². The van der Waals surface area contributed by atoms with Gasteiger partial charge in [0, 0.05) is 26.1 Å². The average Bonchev–Trinajstić information content (AvgIpc) is 3.49. The summed E-state index contributed by atoms with van der Waals surface area (Å²) in [4.78, 5) is 62.0. The van der Waals surface area contributed by atoms with Crippen molar-refractivity contribution in [3.8, 4) is 0 Å². The molecule has 2 aliphatic rings. The average molecular weight is 416 g/mol. The fraction of sp³-hybridized carbons (Fsp3) is 0.450. The van der Waals surface area contributed by atoms with E-state index in [1.807, 2.05) is 0 Å². The number of carbonyl (C=O) groups excluding carboxylic acids is 5. The summed E-state index contributed by atoms with van der Waals surface area (Å²) in [5, 5.41) is 5.44. The van der Waals surface area contributed by atoms with E-state index < -0.39 is 24.5 Å². The molecule has 1 saturated carbocycles. The number of esters is 1. The van der Waals surface area contributed by atoms with Gasteiger partial charge in [-0.3, -0.25) is 24.1 Å². The molecule has 1 heterocycles. The molecule has 10 nitrogen and oxygen atoms in total. The molecule has 5 amide bonds. The molecule has 0 unspecified atom stereocenters. The van der Waals surface area contributed by atoms with Gasteiger partial charge in [0.05, 0.1) is 11.3 Å². The Morgan fingerprint density at radius 2 is 1.90 bits per heavy atom. The quantitative estimate of drug-likeness (QED) is 0.452. The van der Waals surface area contributed by atoms with Crippen LogP contribution in [-0.2, 0) is 19.1 Å². The highest BCUT2D eigenvalue weighted by Gasteiger charge is 2.33. The highest BCUT2D eigenvalue weighted by Crippen LogP contribution is 2.21. The minimum atomic E-state index is -0.614. The maximum atomic E-state index is 12.3. The van der Waals surface area contributed by atoms with E-state index in [2.05, 4.69) is 10.6 Å². The zero-order valence-corrected chi connectivity index (χ0v) is 16.7. The Balaban J connectivity index is 1.40. The Morgan fingerprint density at radius 1 is 1.17 bits per heavy atom. The first-order chi connectivity index (χ1) is 14.3. The molecule has 2 N–H and O–H groups in total.